The summed E-state index contributed by atoms with van der Waals surface area (Å²) in [6, 6.07) is 2.64. The summed E-state index contributed by atoms with van der Waals surface area (Å²) in [5.74, 6) is 5.03. The topological polar surface area (TPSA) is 91.7 Å². The molecule has 0 aromatic carbocycles. The van der Waals surface area contributed by atoms with Crippen LogP contribution in [0.2, 0.25) is 0 Å². The molecule has 6 nitrogen and oxygen atoms in total. The van der Waals surface area contributed by atoms with Gasteiger partial charge >= 0.3 is 5.91 Å². The summed E-state index contributed by atoms with van der Waals surface area (Å²) in [7, 11) is 0. The largest absolute Gasteiger partial charge is 0.459 e. The molecule has 4 N–H and O–H groups in total. The lowest BCUT2D eigenvalue weighted by atomic mass is 9.99. The molecule has 2 aliphatic rings. The number of aliphatic hydroxyl groups is 1. The smallest absolute Gasteiger partial charge is 0.301 e. The van der Waals surface area contributed by atoms with Crippen molar-refractivity contribution in [3.05, 3.63) is 23.7 Å². The maximum absolute atomic E-state index is 11.6. The minimum atomic E-state index is -0.399. The zero-order chi connectivity index (χ0) is 13.4. The molecule has 19 heavy (non-hydrogen) atoms. The number of hydrazine groups is 1. The zero-order valence-electron chi connectivity index (χ0n) is 10.7. The van der Waals surface area contributed by atoms with Gasteiger partial charge in [-0.1, -0.05) is 0 Å². The summed E-state index contributed by atoms with van der Waals surface area (Å²) in [5, 5.41) is 9.79. The predicted octanol–water partition coefficient (Wildman–Crippen LogP) is 0.371. The average Bonchev–Trinajstić information content (AvgIpc) is 2.94. The molecule has 0 saturated carbocycles. The van der Waals surface area contributed by atoms with Crippen molar-refractivity contribution < 1.29 is 14.3 Å². The Labute approximate surface area is 111 Å². The molecule has 2 saturated heterocycles. The number of carbonyl (C=O) groups is 1. The highest BCUT2D eigenvalue weighted by Gasteiger charge is 2.40. The van der Waals surface area contributed by atoms with Crippen LogP contribution >= 0.6 is 0 Å². The maximum Gasteiger partial charge on any atom is 0.301 e. The molecular formula is C13H19N3O3. The molecule has 1 aromatic rings. The maximum atomic E-state index is 11.6. The Bertz CT molecular complexity index is 459. The summed E-state index contributed by atoms with van der Waals surface area (Å²) in [4.78, 5) is 14.0. The Hall–Kier alpha value is -1.37. The van der Waals surface area contributed by atoms with Crippen molar-refractivity contribution in [3.63, 3.8) is 0 Å². The quantitative estimate of drug-likeness (QED) is 0.417. The van der Waals surface area contributed by atoms with Gasteiger partial charge in [0.05, 0.1) is 12.4 Å². The molecule has 6 heteroatoms. The molecular weight excluding hydrogens is 246 g/mol. The van der Waals surface area contributed by atoms with Gasteiger partial charge in [-0.15, -0.1) is 0 Å². The fourth-order valence-corrected chi connectivity index (χ4v) is 3.43. The van der Waals surface area contributed by atoms with Crippen molar-refractivity contribution in [2.24, 2.45) is 5.84 Å². The number of hydrogen-bond acceptors (Lipinski definition) is 5. The molecule has 3 heterocycles. The molecule has 1 aromatic heterocycles. The van der Waals surface area contributed by atoms with Gasteiger partial charge in [-0.05, 0) is 31.7 Å². The van der Waals surface area contributed by atoms with Crippen LogP contribution in [0.5, 0.6) is 0 Å². The van der Waals surface area contributed by atoms with Gasteiger partial charge in [-0.2, -0.15) is 0 Å². The molecule has 0 spiro atoms. The second-order valence-corrected chi connectivity index (χ2v) is 5.43. The van der Waals surface area contributed by atoms with Gasteiger partial charge in [-0.3, -0.25) is 15.1 Å². The van der Waals surface area contributed by atoms with Crippen LogP contribution in [0.25, 0.3) is 0 Å². The second kappa shape index (κ2) is 4.96. The van der Waals surface area contributed by atoms with Gasteiger partial charge in [0, 0.05) is 24.2 Å². The van der Waals surface area contributed by atoms with Crippen LogP contribution in [-0.4, -0.2) is 34.1 Å². The van der Waals surface area contributed by atoms with Crippen molar-refractivity contribution in [2.75, 3.05) is 0 Å². The number of furan rings is 1. The summed E-state index contributed by atoms with van der Waals surface area (Å²) in [6.45, 7) is 0.682. The highest BCUT2D eigenvalue weighted by Crippen LogP contribution is 2.37. The van der Waals surface area contributed by atoms with Crippen molar-refractivity contribution in [1.29, 1.82) is 0 Å². The van der Waals surface area contributed by atoms with Crippen LogP contribution in [-0.2, 0) is 6.54 Å². The van der Waals surface area contributed by atoms with Gasteiger partial charge in [-0.25, -0.2) is 5.84 Å². The molecule has 0 radical (unpaired) electrons. The van der Waals surface area contributed by atoms with E-state index in [1.54, 1.807) is 0 Å². The van der Waals surface area contributed by atoms with Crippen LogP contribution < -0.4 is 11.3 Å². The van der Waals surface area contributed by atoms with Gasteiger partial charge in [0.1, 0.15) is 0 Å². The Morgan fingerprint density at radius 1 is 1.47 bits per heavy atom. The number of fused-ring (bicyclic) bond motifs is 2. The van der Waals surface area contributed by atoms with E-state index in [1.807, 2.05) is 6.07 Å². The van der Waals surface area contributed by atoms with E-state index in [0.717, 1.165) is 31.2 Å². The Morgan fingerprint density at radius 3 is 2.79 bits per heavy atom. The lowest BCUT2D eigenvalue weighted by Crippen LogP contribution is -2.44. The highest BCUT2D eigenvalue weighted by atomic mass is 16.3. The molecule has 2 aliphatic heterocycles. The summed E-state index contributed by atoms with van der Waals surface area (Å²) in [6.07, 6.45) is 5.24. The molecule has 104 valence electrons. The van der Waals surface area contributed by atoms with E-state index < -0.39 is 5.91 Å². The van der Waals surface area contributed by atoms with Crippen molar-refractivity contribution >= 4 is 5.91 Å². The van der Waals surface area contributed by atoms with Crippen LogP contribution in [0.4, 0.5) is 0 Å². The van der Waals surface area contributed by atoms with Gasteiger partial charge in [0.25, 0.3) is 0 Å². The summed E-state index contributed by atoms with van der Waals surface area (Å²) >= 11 is 0. The van der Waals surface area contributed by atoms with E-state index in [0.29, 0.717) is 18.6 Å². The van der Waals surface area contributed by atoms with E-state index in [9.17, 15) is 9.90 Å². The lowest BCUT2D eigenvalue weighted by molar-refractivity contribution is 0.0307. The minimum absolute atomic E-state index is 0.176. The summed E-state index contributed by atoms with van der Waals surface area (Å²) < 4.78 is 5.20. The van der Waals surface area contributed by atoms with Gasteiger partial charge in [0.2, 0.25) is 0 Å². The Morgan fingerprint density at radius 2 is 2.16 bits per heavy atom. The van der Waals surface area contributed by atoms with Crippen molar-refractivity contribution in [3.8, 4) is 0 Å². The van der Waals surface area contributed by atoms with Gasteiger partial charge in [0.15, 0.2) is 5.76 Å². The third-order valence-electron chi connectivity index (χ3n) is 4.30. The average molecular weight is 265 g/mol. The monoisotopic (exact) mass is 265 g/mol. The van der Waals surface area contributed by atoms with E-state index in [-0.39, 0.29) is 11.9 Å². The fraction of sp³-hybridized carbons (Fsp3) is 0.615. The predicted molar refractivity (Wildman–Crippen MR) is 68.0 cm³/mol. The second-order valence-electron chi connectivity index (χ2n) is 5.43. The first-order valence-electron chi connectivity index (χ1n) is 6.70. The number of nitrogens with two attached hydrogens (primary N) is 1. The molecule has 2 unspecified atom stereocenters. The molecule has 2 fully saturated rings. The standard InChI is InChI=1S/C13H19N3O3/c14-15-13(18)12-8(3-4-19-12)7-16-9-1-2-10(16)6-11(17)5-9/h3-4,9-11,17H,1-2,5-7,14H2,(H,15,18). The number of nitrogen functional groups attached to an aromatic ring is 1. The molecule has 0 aliphatic carbocycles. The number of carbonyl (C=O) groups excluding carboxylic acids is 1. The first-order valence-corrected chi connectivity index (χ1v) is 6.70. The minimum Gasteiger partial charge on any atom is -0.459 e. The Kier molecular flexibility index (Phi) is 3.30. The third-order valence-corrected chi connectivity index (χ3v) is 4.30. The van der Waals surface area contributed by atoms with Crippen LogP contribution in [0, 0.1) is 0 Å². The number of nitrogens with one attached hydrogen (secondary N) is 1. The number of aliphatic hydroxyl groups excluding tert-OH is 1. The van der Waals surface area contributed by atoms with Crippen LogP contribution in [0.3, 0.4) is 0 Å². The highest BCUT2D eigenvalue weighted by molar-refractivity contribution is 5.92. The van der Waals surface area contributed by atoms with Crippen molar-refractivity contribution in [2.45, 2.75) is 50.4 Å². The van der Waals surface area contributed by atoms with Crippen molar-refractivity contribution in [1.82, 2.24) is 10.3 Å². The van der Waals surface area contributed by atoms with Crippen LogP contribution in [0.15, 0.2) is 16.7 Å². The van der Waals surface area contributed by atoms with E-state index in [1.165, 1.54) is 6.26 Å². The van der Waals surface area contributed by atoms with E-state index in [4.69, 9.17) is 10.3 Å². The number of nitrogens with zero attached hydrogens (tertiary/aromatic N) is 1. The normalized spacial score (nSPS) is 30.5. The third kappa shape index (κ3) is 2.27. The number of amides is 1. The molecule has 2 bridgehead atoms. The van der Waals surface area contributed by atoms with E-state index >= 15 is 0 Å². The van der Waals surface area contributed by atoms with E-state index in [2.05, 4.69) is 10.3 Å². The SMILES string of the molecule is NNC(=O)c1occc1CN1C2CCC1CC(O)C2. The Balaban J connectivity index is 1.76. The molecule has 2 atom stereocenters. The lowest BCUT2D eigenvalue weighted by Gasteiger charge is -2.37. The zero-order valence-corrected chi connectivity index (χ0v) is 10.7. The number of rotatable bonds is 3. The molecule has 1 amide bonds. The van der Waals surface area contributed by atoms with Gasteiger partial charge < -0.3 is 9.52 Å². The number of hydrogen-bond donors (Lipinski definition) is 3. The van der Waals surface area contributed by atoms with Crippen LogP contribution in [0.1, 0.15) is 41.8 Å². The fourth-order valence-electron chi connectivity index (χ4n) is 3.43. The summed E-state index contributed by atoms with van der Waals surface area (Å²) in [5.41, 5.74) is 2.96. The molecule has 3 rings (SSSR count). The first kappa shape index (κ1) is 12.7. The number of piperidine rings is 1. The first-order chi connectivity index (χ1) is 9.19.